The van der Waals surface area contributed by atoms with Crippen molar-refractivity contribution in [2.75, 3.05) is 25.7 Å². The van der Waals surface area contributed by atoms with Crippen molar-refractivity contribution in [3.05, 3.63) is 119 Å². The van der Waals surface area contributed by atoms with E-state index in [1.807, 2.05) is 72.8 Å². The van der Waals surface area contributed by atoms with E-state index in [9.17, 15) is 18.0 Å². The fourth-order valence-corrected chi connectivity index (χ4v) is 6.95. The van der Waals surface area contributed by atoms with Gasteiger partial charge in [0.2, 0.25) is 21.8 Å². The number of carbonyl (C=O) groups is 2. The van der Waals surface area contributed by atoms with Crippen LogP contribution in [0.2, 0.25) is 0 Å². The maximum Gasteiger partial charge on any atom is 0.241 e. The molecule has 46 heavy (non-hydrogen) atoms. The Morgan fingerprint density at radius 2 is 1.54 bits per heavy atom. The Bertz CT molecular complexity index is 1870. The highest BCUT2D eigenvalue weighted by Gasteiger charge is 2.42. The molecule has 0 aliphatic carbocycles. The minimum Gasteiger partial charge on any atom is -0.493 e. The van der Waals surface area contributed by atoms with E-state index >= 15 is 0 Å². The molecule has 1 aliphatic rings. The van der Waals surface area contributed by atoms with Gasteiger partial charge in [-0.1, -0.05) is 48.2 Å². The Morgan fingerprint density at radius 1 is 0.891 bits per heavy atom. The van der Waals surface area contributed by atoms with Crippen molar-refractivity contribution in [1.29, 1.82) is 0 Å². The lowest BCUT2D eigenvalue weighted by molar-refractivity contribution is -0.124. The summed E-state index contributed by atoms with van der Waals surface area (Å²) >= 11 is 1.37. The summed E-state index contributed by atoms with van der Waals surface area (Å²) in [5, 5.41) is 7.10. The van der Waals surface area contributed by atoms with Crippen molar-refractivity contribution in [2.24, 2.45) is 5.14 Å². The first kappa shape index (κ1) is 32.6. The van der Waals surface area contributed by atoms with E-state index in [1.165, 1.54) is 23.9 Å². The average Bonchev–Trinajstić information content (AvgIpc) is 3.39. The summed E-state index contributed by atoms with van der Waals surface area (Å²) in [6.07, 6.45) is 0.556. The molecule has 9 nitrogen and oxygen atoms in total. The van der Waals surface area contributed by atoms with Crippen molar-refractivity contribution in [2.45, 2.75) is 28.4 Å². The number of benzene rings is 4. The van der Waals surface area contributed by atoms with Gasteiger partial charge in [-0.25, -0.2) is 13.6 Å². The largest absolute Gasteiger partial charge is 0.493 e. The number of primary sulfonamides is 1. The summed E-state index contributed by atoms with van der Waals surface area (Å²) < 4.78 is 34.3. The van der Waals surface area contributed by atoms with Gasteiger partial charge in [-0.05, 0) is 78.2 Å². The Kier molecular flexibility index (Phi) is 10.3. The minimum absolute atomic E-state index is 0.0155. The molecule has 4 aromatic rings. The zero-order valence-electron chi connectivity index (χ0n) is 25.3. The van der Waals surface area contributed by atoms with Crippen LogP contribution in [0.25, 0.3) is 0 Å². The second-order valence-corrected chi connectivity index (χ2v) is 13.3. The highest BCUT2D eigenvalue weighted by molar-refractivity contribution is 8.01. The van der Waals surface area contributed by atoms with Gasteiger partial charge in [-0.2, -0.15) is 0 Å². The maximum atomic E-state index is 13.8. The van der Waals surface area contributed by atoms with E-state index in [0.29, 0.717) is 30.2 Å². The Labute approximate surface area is 273 Å². The van der Waals surface area contributed by atoms with Gasteiger partial charge in [0.05, 0.1) is 24.4 Å². The summed E-state index contributed by atoms with van der Waals surface area (Å²) in [7, 11) is -0.763. The molecule has 0 aromatic heterocycles. The molecule has 2 amide bonds. The number of anilines is 1. The molecule has 236 valence electrons. The number of carbonyl (C=O) groups excluding carboxylic acids is 2. The monoisotopic (exact) mass is 655 g/mol. The van der Waals surface area contributed by atoms with E-state index in [-0.39, 0.29) is 23.1 Å². The first-order chi connectivity index (χ1) is 22.2. The van der Waals surface area contributed by atoms with Crippen LogP contribution in [-0.2, 0) is 26.0 Å². The predicted molar refractivity (Wildman–Crippen MR) is 179 cm³/mol. The van der Waals surface area contributed by atoms with Crippen LogP contribution in [0.3, 0.4) is 0 Å². The SMILES string of the molecule is COc1ccc(CCNC(=O)C[C@H]2S[C@@H](c3ccc(C#Cc4ccccc4)cc3)N(c3ccc(S(N)(=O)=O)cc3)C2=O)cc1OC. The maximum absolute atomic E-state index is 13.8. The molecule has 5 rings (SSSR count). The molecule has 3 N–H and O–H groups in total. The van der Waals surface area contributed by atoms with Crippen molar-refractivity contribution >= 4 is 39.3 Å². The van der Waals surface area contributed by atoms with E-state index in [4.69, 9.17) is 14.6 Å². The van der Waals surface area contributed by atoms with Crippen molar-refractivity contribution in [1.82, 2.24) is 5.32 Å². The van der Waals surface area contributed by atoms with E-state index in [1.54, 1.807) is 31.3 Å². The number of hydrogen-bond acceptors (Lipinski definition) is 7. The molecule has 0 spiro atoms. The molecule has 2 atom stereocenters. The van der Waals surface area contributed by atoms with Crippen LogP contribution in [0.15, 0.2) is 102 Å². The molecule has 1 heterocycles. The zero-order valence-corrected chi connectivity index (χ0v) is 26.9. The fraction of sp³-hybridized carbons (Fsp3) is 0.200. The van der Waals surface area contributed by atoms with Gasteiger partial charge in [0.25, 0.3) is 0 Å². The van der Waals surface area contributed by atoms with E-state index < -0.39 is 20.6 Å². The molecule has 0 unspecified atom stereocenters. The molecule has 1 fully saturated rings. The van der Waals surface area contributed by atoms with Gasteiger partial charge in [-0.15, -0.1) is 11.8 Å². The first-order valence-corrected chi connectivity index (χ1v) is 16.9. The van der Waals surface area contributed by atoms with Crippen LogP contribution in [-0.4, -0.2) is 46.2 Å². The highest BCUT2D eigenvalue weighted by atomic mass is 32.2. The number of ether oxygens (including phenoxy) is 2. The molecular formula is C35H33N3O6S2. The Balaban J connectivity index is 1.31. The number of amides is 2. The normalized spacial score (nSPS) is 16.0. The first-order valence-electron chi connectivity index (χ1n) is 14.4. The number of thioether (sulfide) groups is 1. The molecule has 0 saturated carbocycles. The molecule has 4 aromatic carbocycles. The van der Waals surface area contributed by atoms with Crippen LogP contribution in [0.5, 0.6) is 11.5 Å². The third kappa shape index (κ3) is 7.90. The number of methoxy groups -OCH3 is 2. The molecular weight excluding hydrogens is 623 g/mol. The van der Waals surface area contributed by atoms with Crippen molar-refractivity contribution in [3.8, 4) is 23.3 Å². The van der Waals surface area contributed by atoms with Crippen LogP contribution >= 0.6 is 11.8 Å². The molecule has 0 radical (unpaired) electrons. The number of rotatable bonds is 10. The topological polar surface area (TPSA) is 128 Å². The Morgan fingerprint density at radius 3 is 2.17 bits per heavy atom. The van der Waals surface area contributed by atoms with Crippen LogP contribution in [0.4, 0.5) is 5.69 Å². The van der Waals surface area contributed by atoms with Gasteiger partial charge in [-0.3, -0.25) is 14.5 Å². The lowest BCUT2D eigenvalue weighted by Gasteiger charge is -2.24. The fourth-order valence-electron chi connectivity index (χ4n) is 4.99. The van der Waals surface area contributed by atoms with Gasteiger partial charge < -0.3 is 14.8 Å². The highest BCUT2D eigenvalue weighted by Crippen LogP contribution is 2.46. The summed E-state index contributed by atoms with van der Waals surface area (Å²) in [5.41, 5.74) is 4.03. The molecule has 11 heteroatoms. The number of nitrogens with zero attached hydrogens (tertiary/aromatic N) is 1. The number of sulfonamides is 1. The predicted octanol–water partition coefficient (Wildman–Crippen LogP) is 4.65. The van der Waals surface area contributed by atoms with E-state index in [0.717, 1.165) is 22.3 Å². The number of nitrogens with one attached hydrogen (secondary N) is 1. The number of nitrogens with two attached hydrogens (primary N) is 1. The standard InChI is InChI=1S/C35H33N3O6S2/c1-43-30-19-12-26(22-31(30)44-2)20-21-37-33(39)23-32-34(40)38(28-15-17-29(18-16-28)46(36,41)42)35(45-32)27-13-10-25(11-14-27)9-8-24-6-4-3-5-7-24/h3-7,10-19,22,32,35H,20-21,23H2,1-2H3,(H,37,39)(H2,36,41,42)/t32-,35+/m1/s1. The van der Waals surface area contributed by atoms with Gasteiger partial charge in [0.1, 0.15) is 5.37 Å². The second-order valence-electron chi connectivity index (χ2n) is 10.5. The minimum atomic E-state index is -3.90. The van der Waals surface area contributed by atoms with Crippen LogP contribution in [0.1, 0.15) is 34.0 Å². The lowest BCUT2D eigenvalue weighted by atomic mass is 10.1. The third-order valence-electron chi connectivity index (χ3n) is 7.36. The zero-order chi connectivity index (χ0) is 32.7. The molecule has 0 bridgehead atoms. The summed E-state index contributed by atoms with van der Waals surface area (Å²) in [6, 6.07) is 28.7. The Hall–Kier alpha value is -4.76. The summed E-state index contributed by atoms with van der Waals surface area (Å²) in [4.78, 5) is 28.3. The van der Waals surface area contributed by atoms with Gasteiger partial charge in [0, 0.05) is 29.8 Å². The van der Waals surface area contributed by atoms with Crippen molar-refractivity contribution in [3.63, 3.8) is 0 Å². The van der Waals surface area contributed by atoms with Crippen molar-refractivity contribution < 1.29 is 27.5 Å². The number of hydrogen-bond donors (Lipinski definition) is 2. The average molecular weight is 656 g/mol. The molecule has 1 saturated heterocycles. The van der Waals surface area contributed by atoms with E-state index in [2.05, 4.69) is 17.2 Å². The summed E-state index contributed by atoms with van der Waals surface area (Å²) in [5.74, 6) is 7.04. The third-order valence-corrected chi connectivity index (χ3v) is 9.73. The van der Waals surface area contributed by atoms with Crippen LogP contribution < -0.4 is 24.8 Å². The van der Waals surface area contributed by atoms with Crippen LogP contribution in [0, 0.1) is 11.8 Å². The van der Waals surface area contributed by atoms with Gasteiger partial charge >= 0.3 is 0 Å². The summed E-state index contributed by atoms with van der Waals surface area (Å²) in [6.45, 7) is 0.382. The molecule has 1 aliphatic heterocycles. The van der Waals surface area contributed by atoms with Gasteiger partial charge in [0.15, 0.2) is 11.5 Å². The lowest BCUT2D eigenvalue weighted by Crippen LogP contribution is -2.34. The quantitative estimate of drug-likeness (QED) is 0.238. The second kappa shape index (κ2) is 14.6. The smallest absolute Gasteiger partial charge is 0.241 e.